The quantitative estimate of drug-likeness (QED) is 0.319. The SMILES string of the molecule is OB(Oc1c(F)c(F)c(F)c2c(F)c(F)ccc12)c1cc(F)cc(F)c1F. The molecular weight excluding hydrogens is 387 g/mol. The predicted octanol–water partition coefficient (Wildman–Crippen LogP) is 3.72. The number of benzene rings is 3. The lowest BCUT2D eigenvalue weighted by Crippen LogP contribution is -2.40. The Morgan fingerprint density at radius 1 is 0.704 bits per heavy atom. The Hall–Kier alpha value is -2.82. The first-order chi connectivity index (χ1) is 12.6. The Balaban J connectivity index is 2.20. The summed E-state index contributed by atoms with van der Waals surface area (Å²) < 4.78 is 113. The highest BCUT2D eigenvalue weighted by molar-refractivity contribution is 6.60. The van der Waals surface area contributed by atoms with Crippen molar-refractivity contribution in [3.63, 3.8) is 0 Å². The first-order valence-corrected chi connectivity index (χ1v) is 7.06. The average Bonchev–Trinajstić information content (AvgIpc) is 2.62. The van der Waals surface area contributed by atoms with Gasteiger partial charge in [0.2, 0.25) is 5.82 Å². The second kappa shape index (κ2) is 6.73. The molecule has 0 aliphatic carbocycles. The fourth-order valence-electron chi connectivity index (χ4n) is 2.42. The van der Waals surface area contributed by atoms with Gasteiger partial charge < -0.3 is 9.68 Å². The van der Waals surface area contributed by atoms with Gasteiger partial charge in [0, 0.05) is 16.9 Å². The molecule has 0 amide bonds. The van der Waals surface area contributed by atoms with Crippen molar-refractivity contribution in [3.8, 4) is 5.75 Å². The van der Waals surface area contributed by atoms with Crippen molar-refractivity contribution in [2.75, 3.05) is 0 Å². The van der Waals surface area contributed by atoms with Crippen LogP contribution in [-0.2, 0) is 0 Å². The van der Waals surface area contributed by atoms with Gasteiger partial charge in [-0.3, -0.25) is 0 Å². The first kappa shape index (κ1) is 19.0. The largest absolute Gasteiger partial charge is 0.563 e. The van der Waals surface area contributed by atoms with Gasteiger partial charge in [-0.05, 0) is 18.2 Å². The van der Waals surface area contributed by atoms with Crippen molar-refractivity contribution in [1.82, 2.24) is 0 Å². The molecule has 2 nitrogen and oxygen atoms in total. The van der Waals surface area contributed by atoms with Crippen LogP contribution in [0.3, 0.4) is 0 Å². The molecule has 0 saturated carbocycles. The van der Waals surface area contributed by atoms with E-state index < -0.39 is 75.6 Å². The third-order valence-corrected chi connectivity index (χ3v) is 3.66. The molecule has 0 saturated heterocycles. The Morgan fingerprint density at radius 3 is 2.04 bits per heavy atom. The lowest BCUT2D eigenvalue weighted by Gasteiger charge is -2.16. The van der Waals surface area contributed by atoms with E-state index in [1.54, 1.807) is 0 Å². The summed E-state index contributed by atoms with van der Waals surface area (Å²) in [5, 5.41) is 7.65. The van der Waals surface area contributed by atoms with Crippen molar-refractivity contribution in [2.24, 2.45) is 0 Å². The zero-order valence-corrected chi connectivity index (χ0v) is 12.8. The highest BCUT2D eigenvalue weighted by Crippen LogP contribution is 2.36. The minimum absolute atomic E-state index is 0.150. The molecule has 0 aliphatic heterocycles. The third-order valence-electron chi connectivity index (χ3n) is 3.66. The fraction of sp³-hybridized carbons (Fsp3) is 0. The zero-order chi connectivity index (χ0) is 20.0. The van der Waals surface area contributed by atoms with Gasteiger partial charge in [0.15, 0.2) is 34.9 Å². The second-order valence-electron chi connectivity index (χ2n) is 5.32. The molecule has 0 bridgehead atoms. The van der Waals surface area contributed by atoms with E-state index in [0.717, 1.165) is 0 Å². The topological polar surface area (TPSA) is 29.5 Å². The number of fused-ring (bicyclic) bond motifs is 1. The van der Waals surface area contributed by atoms with Crippen molar-refractivity contribution in [3.05, 3.63) is 70.8 Å². The summed E-state index contributed by atoms with van der Waals surface area (Å²) in [4.78, 5) is 0. The van der Waals surface area contributed by atoms with E-state index in [0.29, 0.717) is 18.2 Å². The average molecular weight is 392 g/mol. The molecule has 0 fully saturated rings. The Bertz CT molecular complexity index is 1070. The Kier molecular flexibility index (Phi) is 4.72. The monoisotopic (exact) mass is 392 g/mol. The molecular formula is C16H5BF8O2. The van der Waals surface area contributed by atoms with Crippen molar-refractivity contribution < 1.29 is 44.8 Å². The summed E-state index contributed by atoms with van der Waals surface area (Å²) in [7, 11) is -2.59. The maximum atomic E-state index is 14.1. The van der Waals surface area contributed by atoms with E-state index in [-0.39, 0.29) is 6.07 Å². The molecule has 3 rings (SSSR count). The van der Waals surface area contributed by atoms with Crippen LogP contribution in [-0.4, -0.2) is 12.1 Å². The predicted molar refractivity (Wildman–Crippen MR) is 78.3 cm³/mol. The maximum Gasteiger partial charge on any atom is 0.563 e. The van der Waals surface area contributed by atoms with Gasteiger partial charge in [-0.2, -0.15) is 4.39 Å². The number of rotatable bonds is 3. The second-order valence-corrected chi connectivity index (χ2v) is 5.32. The molecule has 140 valence electrons. The van der Waals surface area contributed by atoms with Crippen LogP contribution in [0.4, 0.5) is 35.1 Å². The summed E-state index contributed by atoms with van der Waals surface area (Å²) >= 11 is 0. The highest BCUT2D eigenvalue weighted by atomic mass is 19.2. The molecule has 0 spiro atoms. The Morgan fingerprint density at radius 2 is 1.37 bits per heavy atom. The fourth-order valence-corrected chi connectivity index (χ4v) is 2.42. The highest BCUT2D eigenvalue weighted by Gasteiger charge is 2.31. The van der Waals surface area contributed by atoms with Crippen LogP contribution in [0.15, 0.2) is 24.3 Å². The minimum Gasteiger partial charge on any atom is -0.530 e. The summed E-state index contributed by atoms with van der Waals surface area (Å²) in [6.45, 7) is 0. The van der Waals surface area contributed by atoms with Gasteiger partial charge in [-0.1, -0.05) is 0 Å². The molecule has 0 aromatic heterocycles. The van der Waals surface area contributed by atoms with Crippen LogP contribution in [0.5, 0.6) is 5.75 Å². The summed E-state index contributed by atoms with van der Waals surface area (Å²) in [5.41, 5.74) is -1.13. The van der Waals surface area contributed by atoms with Crippen LogP contribution >= 0.6 is 0 Å². The normalized spacial score (nSPS) is 11.1. The molecule has 0 unspecified atom stereocenters. The van der Waals surface area contributed by atoms with Crippen LogP contribution in [0.1, 0.15) is 0 Å². The lowest BCUT2D eigenvalue weighted by atomic mass is 9.78. The minimum atomic E-state index is -2.59. The first-order valence-electron chi connectivity index (χ1n) is 7.06. The lowest BCUT2D eigenvalue weighted by molar-refractivity contribution is 0.388. The van der Waals surface area contributed by atoms with Gasteiger partial charge in [-0.25, -0.2) is 30.7 Å². The molecule has 0 aliphatic rings. The van der Waals surface area contributed by atoms with Crippen molar-refractivity contribution in [1.29, 1.82) is 0 Å². The van der Waals surface area contributed by atoms with E-state index in [9.17, 15) is 40.1 Å². The van der Waals surface area contributed by atoms with Crippen LogP contribution < -0.4 is 10.1 Å². The maximum absolute atomic E-state index is 14.1. The summed E-state index contributed by atoms with van der Waals surface area (Å²) in [6, 6.07) is 1.51. The van der Waals surface area contributed by atoms with E-state index in [2.05, 4.69) is 4.65 Å². The van der Waals surface area contributed by atoms with Crippen LogP contribution in [0.2, 0.25) is 0 Å². The van der Waals surface area contributed by atoms with Crippen molar-refractivity contribution >= 4 is 23.4 Å². The summed E-state index contributed by atoms with van der Waals surface area (Å²) in [5.74, 6) is -15.9. The third kappa shape index (κ3) is 3.07. The molecule has 0 atom stereocenters. The Labute approximate surface area is 145 Å². The van der Waals surface area contributed by atoms with E-state index in [1.807, 2.05) is 0 Å². The zero-order valence-electron chi connectivity index (χ0n) is 12.8. The van der Waals surface area contributed by atoms with E-state index in [1.165, 1.54) is 0 Å². The molecule has 0 heterocycles. The van der Waals surface area contributed by atoms with Gasteiger partial charge in [0.05, 0.1) is 5.39 Å². The number of hydrogen-bond acceptors (Lipinski definition) is 2. The van der Waals surface area contributed by atoms with Crippen molar-refractivity contribution in [2.45, 2.75) is 0 Å². The van der Waals surface area contributed by atoms with Gasteiger partial charge in [0.1, 0.15) is 11.6 Å². The van der Waals surface area contributed by atoms with Crippen LogP contribution in [0.25, 0.3) is 10.8 Å². The molecule has 27 heavy (non-hydrogen) atoms. The smallest absolute Gasteiger partial charge is 0.530 e. The molecule has 1 N–H and O–H groups in total. The van der Waals surface area contributed by atoms with Gasteiger partial charge >= 0.3 is 7.12 Å². The van der Waals surface area contributed by atoms with E-state index in [4.69, 9.17) is 0 Å². The molecule has 11 heteroatoms. The molecule has 0 radical (unpaired) electrons. The number of halogens is 8. The van der Waals surface area contributed by atoms with Gasteiger partial charge in [0.25, 0.3) is 0 Å². The standard InChI is InChI=1S/C16H5BF8O2/c18-5-3-7(11(21)9(20)4-5)17(26)27-16-6-1-2-8(19)12(22)10(6)13(23)14(24)15(16)25/h1-4,26H. The molecule has 3 aromatic carbocycles. The van der Waals surface area contributed by atoms with E-state index >= 15 is 0 Å². The molecule has 3 aromatic rings. The van der Waals surface area contributed by atoms with Crippen LogP contribution in [0, 0.1) is 46.5 Å². The number of hydrogen-bond donors (Lipinski definition) is 1. The summed E-state index contributed by atoms with van der Waals surface area (Å²) in [6.07, 6.45) is 0. The van der Waals surface area contributed by atoms with Gasteiger partial charge in [-0.15, -0.1) is 0 Å².